The highest BCUT2D eigenvalue weighted by Crippen LogP contribution is 2.34. The Balaban J connectivity index is 2.17. The normalized spacial score (nSPS) is 10.2. The zero-order chi connectivity index (χ0) is 18.6. The van der Waals surface area contributed by atoms with Gasteiger partial charge in [0.2, 0.25) is 0 Å². The largest absolute Gasteiger partial charge is 0.465 e. The highest BCUT2D eigenvalue weighted by Gasteiger charge is 2.22. The number of nitro groups is 1. The summed E-state index contributed by atoms with van der Waals surface area (Å²) in [6.45, 7) is 3.91. The topological polar surface area (TPSA) is 93.5 Å². The number of thiophene rings is 1. The Morgan fingerprint density at radius 2 is 1.96 bits per heavy atom. The number of hydrogen-bond donors (Lipinski definition) is 2. The number of nitro benzene ring substituents is 1. The number of carbonyl (C=O) groups excluding carboxylic acids is 1. The molecular formula is C16H17N3O4S2. The average Bonchev–Trinajstić information content (AvgIpc) is 2.89. The number of hydrogen-bond acceptors (Lipinski definition) is 6. The van der Waals surface area contributed by atoms with Crippen molar-refractivity contribution in [2.75, 3.05) is 17.7 Å². The molecule has 132 valence electrons. The van der Waals surface area contributed by atoms with Crippen molar-refractivity contribution in [3.63, 3.8) is 0 Å². The maximum atomic E-state index is 12.1. The third kappa shape index (κ3) is 4.31. The van der Waals surface area contributed by atoms with E-state index < -0.39 is 10.9 Å². The summed E-state index contributed by atoms with van der Waals surface area (Å²) in [7, 11) is 1.34. The summed E-state index contributed by atoms with van der Waals surface area (Å²) >= 11 is 6.70. The first-order valence-electron chi connectivity index (χ1n) is 7.40. The SMILES string of the molecule is CCc1c(C)sc(NC(=S)Nc2ccc([N+](=O)[O-])cc2)c1C(=O)OC. The molecule has 1 heterocycles. The van der Waals surface area contributed by atoms with Crippen LogP contribution >= 0.6 is 23.6 Å². The van der Waals surface area contributed by atoms with Crippen LogP contribution in [0.2, 0.25) is 0 Å². The van der Waals surface area contributed by atoms with E-state index in [1.54, 1.807) is 12.1 Å². The van der Waals surface area contributed by atoms with Gasteiger partial charge in [-0.3, -0.25) is 10.1 Å². The van der Waals surface area contributed by atoms with E-state index >= 15 is 0 Å². The number of thiocarbonyl (C=S) groups is 1. The van der Waals surface area contributed by atoms with E-state index in [-0.39, 0.29) is 10.8 Å². The molecular weight excluding hydrogens is 362 g/mol. The Bertz CT molecular complexity index is 816. The molecule has 2 aromatic rings. The van der Waals surface area contributed by atoms with E-state index in [1.165, 1.54) is 30.6 Å². The monoisotopic (exact) mass is 379 g/mol. The molecule has 2 N–H and O–H groups in total. The molecule has 0 bridgehead atoms. The van der Waals surface area contributed by atoms with Crippen molar-refractivity contribution in [2.45, 2.75) is 20.3 Å². The van der Waals surface area contributed by atoms with Gasteiger partial charge in [0.25, 0.3) is 5.69 Å². The summed E-state index contributed by atoms with van der Waals surface area (Å²) in [6, 6.07) is 5.89. The van der Waals surface area contributed by atoms with Gasteiger partial charge >= 0.3 is 5.97 Å². The first kappa shape index (κ1) is 18.8. The number of non-ortho nitro benzene ring substituents is 1. The second-order valence-corrected chi connectivity index (χ2v) is 6.70. The third-order valence-corrected chi connectivity index (χ3v) is 4.78. The van der Waals surface area contributed by atoms with Crippen LogP contribution in [0.4, 0.5) is 16.4 Å². The summed E-state index contributed by atoms with van der Waals surface area (Å²) < 4.78 is 4.87. The Morgan fingerprint density at radius 1 is 1.32 bits per heavy atom. The van der Waals surface area contributed by atoms with E-state index in [1.807, 2.05) is 13.8 Å². The summed E-state index contributed by atoms with van der Waals surface area (Å²) in [5.74, 6) is -0.415. The number of esters is 1. The molecule has 0 aliphatic carbocycles. The Morgan fingerprint density at radius 3 is 2.48 bits per heavy atom. The fraction of sp³-hybridized carbons (Fsp3) is 0.250. The van der Waals surface area contributed by atoms with Gasteiger partial charge in [-0.15, -0.1) is 11.3 Å². The van der Waals surface area contributed by atoms with Crippen LogP contribution < -0.4 is 10.6 Å². The van der Waals surface area contributed by atoms with Crippen LogP contribution in [0.25, 0.3) is 0 Å². The van der Waals surface area contributed by atoms with Crippen molar-refractivity contribution >= 4 is 51.0 Å². The smallest absolute Gasteiger partial charge is 0.341 e. The van der Waals surface area contributed by atoms with Gasteiger partial charge in [0.05, 0.1) is 17.6 Å². The maximum absolute atomic E-state index is 12.1. The second-order valence-electron chi connectivity index (χ2n) is 5.07. The van der Waals surface area contributed by atoms with Gasteiger partial charge in [0, 0.05) is 22.7 Å². The molecule has 0 fully saturated rings. The van der Waals surface area contributed by atoms with Gasteiger partial charge in [-0.2, -0.15) is 0 Å². The molecule has 0 saturated carbocycles. The van der Waals surface area contributed by atoms with E-state index in [0.717, 1.165) is 10.4 Å². The van der Waals surface area contributed by atoms with Crippen molar-refractivity contribution in [3.05, 3.63) is 50.4 Å². The minimum Gasteiger partial charge on any atom is -0.465 e. The summed E-state index contributed by atoms with van der Waals surface area (Å²) in [5.41, 5.74) is 2.02. The van der Waals surface area contributed by atoms with Gasteiger partial charge in [-0.05, 0) is 43.3 Å². The molecule has 0 unspecified atom stereocenters. The van der Waals surface area contributed by atoms with Crippen molar-refractivity contribution in [3.8, 4) is 0 Å². The molecule has 0 aliphatic rings. The molecule has 0 atom stereocenters. The number of aryl methyl sites for hydroxylation is 1. The van der Waals surface area contributed by atoms with Crippen molar-refractivity contribution < 1.29 is 14.5 Å². The second kappa shape index (κ2) is 8.04. The minimum atomic E-state index is -0.469. The molecule has 0 radical (unpaired) electrons. The maximum Gasteiger partial charge on any atom is 0.341 e. The highest BCUT2D eigenvalue weighted by molar-refractivity contribution is 7.80. The minimum absolute atomic E-state index is 0.00104. The number of rotatable bonds is 5. The quantitative estimate of drug-likeness (QED) is 0.349. The van der Waals surface area contributed by atoms with Crippen molar-refractivity contribution in [1.82, 2.24) is 0 Å². The van der Waals surface area contributed by atoms with Crippen molar-refractivity contribution in [1.29, 1.82) is 0 Å². The van der Waals surface area contributed by atoms with E-state index in [2.05, 4.69) is 10.6 Å². The molecule has 25 heavy (non-hydrogen) atoms. The molecule has 2 rings (SSSR count). The fourth-order valence-electron chi connectivity index (χ4n) is 2.34. The number of nitrogens with zero attached hydrogens (tertiary/aromatic N) is 1. The van der Waals surface area contributed by atoms with Crippen LogP contribution in [-0.4, -0.2) is 23.1 Å². The number of ether oxygens (including phenoxy) is 1. The van der Waals surface area contributed by atoms with Gasteiger partial charge < -0.3 is 15.4 Å². The number of nitrogens with one attached hydrogen (secondary N) is 2. The number of benzene rings is 1. The molecule has 7 nitrogen and oxygen atoms in total. The Labute approximate surface area is 154 Å². The first-order chi connectivity index (χ1) is 11.9. The van der Waals surface area contributed by atoms with E-state index in [0.29, 0.717) is 22.7 Å². The van der Waals surface area contributed by atoms with Gasteiger partial charge in [-0.25, -0.2) is 4.79 Å². The van der Waals surface area contributed by atoms with Crippen LogP contribution in [0.3, 0.4) is 0 Å². The summed E-state index contributed by atoms with van der Waals surface area (Å²) in [5, 5.41) is 17.5. The van der Waals surface area contributed by atoms with Gasteiger partial charge in [-0.1, -0.05) is 6.92 Å². The number of anilines is 2. The lowest BCUT2D eigenvalue weighted by Crippen LogP contribution is -2.20. The lowest BCUT2D eigenvalue weighted by atomic mass is 10.1. The Kier molecular flexibility index (Phi) is 6.05. The number of carbonyl (C=O) groups is 1. The van der Waals surface area contributed by atoms with Crippen LogP contribution in [0.5, 0.6) is 0 Å². The fourth-order valence-corrected chi connectivity index (χ4v) is 3.76. The molecule has 0 spiro atoms. The Hall–Kier alpha value is -2.52. The predicted molar refractivity (Wildman–Crippen MR) is 103 cm³/mol. The first-order valence-corrected chi connectivity index (χ1v) is 8.62. The highest BCUT2D eigenvalue weighted by atomic mass is 32.1. The molecule has 9 heteroatoms. The standard InChI is InChI=1S/C16H17N3O4S2/c1-4-12-9(2)25-14(13(12)15(20)23-3)18-16(24)17-10-5-7-11(8-6-10)19(21)22/h5-8H,4H2,1-3H3,(H2,17,18,24). The zero-order valence-electron chi connectivity index (χ0n) is 13.9. The lowest BCUT2D eigenvalue weighted by molar-refractivity contribution is -0.384. The summed E-state index contributed by atoms with van der Waals surface area (Å²) in [4.78, 5) is 23.3. The van der Waals surface area contributed by atoms with E-state index in [4.69, 9.17) is 17.0 Å². The van der Waals surface area contributed by atoms with E-state index in [9.17, 15) is 14.9 Å². The number of methoxy groups -OCH3 is 1. The van der Waals surface area contributed by atoms with Crippen molar-refractivity contribution in [2.24, 2.45) is 0 Å². The molecule has 1 aromatic carbocycles. The van der Waals surface area contributed by atoms with Crippen LogP contribution in [0.15, 0.2) is 24.3 Å². The van der Waals surface area contributed by atoms with Gasteiger partial charge in [0.15, 0.2) is 5.11 Å². The van der Waals surface area contributed by atoms with Crippen LogP contribution in [-0.2, 0) is 11.2 Å². The zero-order valence-corrected chi connectivity index (χ0v) is 15.5. The molecule has 0 amide bonds. The van der Waals surface area contributed by atoms with Crippen LogP contribution in [0.1, 0.15) is 27.7 Å². The predicted octanol–water partition coefficient (Wildman–Crippen LogP) is 4.12. The van der Waals surface area contributed by atoms with Crippen LogP contribution in [0, 0.1) is 17.0 Å². The lowest BCUT2D eigenvalue weighted by Gasteiger charge is -2.11. The third-order valence-electron chi connectivity index (χ3n) is 3.52. The molecule has 0 saturated heterocycles. The summed E-state index contributed by atoms with van der Waals surface area (Å²) in [6.07, 6.45) is 0.705. The molecule has 0 aliphatic heterocycles. The average molecular weight is 379 g/mol. The van der Waals surface area contributed by atoms with Gasteiger partial charge in [0.1, 0.15) is 5.00 Å². The molecule has 1 aromatic heterocycles.